The van der Waals surface area contributed by atoms with Crippen LogP contribution >= 0.6 is 0 Å². The SMILES string of the molecule is Cc1cc(F)ccc1NC(=O)c1cccc(CS(=O)(=O)c2ccccc2)c1. The van der Waals surface area contributed by atoms with E-state index in [4.69, 9.17) is 0 Å². The van der Waals surface area contributed by atoms with Crippen LogP contribution in [0, 0.1) is 12.7 Å². The van der Waals surface area contributed by atoms with Gasteiger partial charge in [0, 0.05) is 11.3 Å². The van der Waals surface area contributed by atoms with Gasteiger partial charge in [-0.1, -0.05) is 30.3 Å². The topological polar surface area (TPSA) is 63.2 Å². The molecule has 1 N–H and O–H groups in total. The van der Waals surface area contributed by atoms with E-state index in [-0.39, 0.29) is 22.4 Å². The van der Waals surface area contributed by atoms with E-state index in [9.17, 15) is 17.6 Å². The van der Waals surface area contributed by atoms with Crippen LogP contribution in [0.5, 0.6) is 0 Å². The third-order valence-electron chi connectivity index (χ3n) is 4.08. The molecule has 0 heterocycles. The van der Waals surface area contributed by atoms with Crippen molar-refractivity contribution in [1.29, 1.82) is 0 Å². The molecule has 0 unspecified atom stereocenters. The number of sulfone groups is 1. The molecular formula is C21H18FNO3S. The molecule has 0 saturated carbocycles. The molecule has 0 fully saturated rings. The van der Waals surface area contributed by atoms with Gasteiger partial charge in [-0.3, -0.25) is 4.79 Å². The molecule has 0 aliphatic carbocycles. The van der Waals surface area contributed by atoms with Crippen LogP contribution in [0.1, 0.15) is 21.5 Å². The second-order valence-corrected chi connectivity index (χ2v) is 8.18. The predicted molar refractivity (Wildman–Crippen MR) is 103 cm³/mol. The van der Waals surface area contributed by atoms with Gasteiger partial charge < -0.3 is 5.32 Å². The van der Waals surface area contributed by atoms with Gasteiger partial charge in [-0.2, -0.15) is 0 Å². The molecule has 3 aromatic carbocycles. The van der Waals surface area contributed by atoms with Gasteiger partial charge in [0.2, 0.25) is 0 Å². The van der Waals surface area contributed by atoms with Crippen molar-refractivity contribution in [3.63, 3.8) is 0 Å². The maximum Gasteiger partial charge on any atom is 0.255 e. The second kappa shape index (κ2) is 7.72. The highest BCUT2D eigenvalue weighted by atomic mass is 32.2. The van der Waals surface area contributed by atoms with E-state index in [2.05, 4.69) is 5.32 Å². The number of rotatable bonds is 5. The fourth-order valence-corrected chi connectivity index (χ4v) is 4.05. The lowest BCUT2D eigenvalue weighted by molar-refractivity contribution is 0.102. The third kappa shape index (κ3) is 4.60. The Bertz CT molecular complexity index is 1080. The lowest BCUT2D eigenvalue weighted by atomic mass is 10.1. The zero-order valence-corrected chi connectivity index (χ0v) is 15.5. The predicted octanol–water partition coefficient (Wildman–Crippen LogP) is 4.36. The van der Waals surface area contributed by atoms with E-state index < -0.39 is 9.84 Å². The van der Waals surface area contributed by atoms with Crippen LogP contribution in [0.25, 0.3) is 0 Å². The molecule has 0 aliphatic rings. The summed E-state index contributed by atoms with van der Waals surface area (Å²) in [5, 5.41) is 2.72. The molecule has 0 bridgehead atoms. The number of anilines is 1. The van der Waals surface area contributed by atoms with Gasteiger partial charge in [0.05, 0.1) is 10.6 Å². The van der Waals surface area contributed by atoms with Crippen molar-refractivity contribution in [2.24, 2.45) is 0 Å². The zero-order valence-electron chi connectivity index (χ0n) is 14.6. The molecule has 4 nitrogen and oxygen atoms in total. The summed E-state index contributed by atoms with van der Waals surface area (Å²) < 4.78 is 38.2. The lowest BCUT2D eigenvalue weighted by Gasteiger charge is -2.10. The van der Waals surface area contributed by atoms with Crippen molar-refractivity contribution in [3.8, 4) is 0 Å². The normalized spacial score (nSPS) is 11.2. The van der Waals surface area contributed by atoms with Crippen molar-refractivity contribution in [3.05, 3.63) is 95.3 Å². The quantitative estimate of drug-likeness (QED) is 0.712. The molecule has 0 saturated heterocycles. The van der Waals surface area contributed by atoms with Gasteiger partial charge in [-0.25, -0.2) is 12.8 Å². The number of nitrogens with one attached hydrogen (secondary N) is 1. The number of carbonyl (C=O) groups excluding carboxylic acids is 1. The van der Waals surface area contributed by atoms with Crippen LogP contribution in [0.15, 0.2) is 77.7 Å². The van der Waals surface area contributed by atoms with Gasteiger partial charge in [-0.05, 0) is 60.5 Å². The maximum atomic E-state index is 13.2. The number of halogens is 1. The van der Waals surface area contributed by atoms with Gasteiger partial charge in [0.15, 0.2) is 9.84 Å². The average molecular weight is 383 g/mol. The van der Waals surface area contributed by atoms with Crippen LogP contribution in [-0.2, 0) is 15.6 Å². The fourth-order valence-electron chi connectivity index (χ4n) is 2.69. The van der Waals surface area contributed by atoms with E-state index in [0.29, 0.717) is 22.4 Å². The minimum atomic E-state index is -3.50. The number of hydrogen-bond donors (Lipinski definition) is 1. The minimum absolute atomic E-state index is 0.201. The number of hydrogen-bond acceptors (Lipinski definition) is 3. The van der Waals surface area contributed by atoms with Crippen molar-refractivity contribution < 1.29 is 17.6 Å². The highest BCUT2D eigenvalue weighted by Crippen LogP contribution is 2.19. The molecule has 0 aliphatic heterocycles. The Kier molecular flexibility index (Phi) is 5.37. The molecule has 1 amide bonds. The molecule has 0 spiro atoms. The summed E-state index contributed by atoms with van der Waals surface area (Å²) in [5.74, 6) is -0.962. The van der Waals surface area contributed by atoms with Crippen molar-refractivity contribution in [2.45, 2.75) is 17.6 Å². The number of aryl methyl sites for hydroxylation is 1. The van der Waals surface area contributed by atoms with E-state index >= 15 is 0 Å². The van der Waals surface area contributed by atoms with Gasteiger partial charge >= 0.3 is 0 Å². The molecular weight excluding hydrogens is 365 g/mol. The van der Waals surface area contributed by atoms with Gasteiger partial charge in [-0.15, -0.1) is 0 Å². The summed E-state index contributed by atoms with van der Waals surface area (Å²) in [7, 11) is -3.50. The number of benzene rings is 3. The molecule has 3 aromatic rings. The molecule has 0 atom stereocenters. The first-order valence-electron chi connectivity index (χ1n) is 8.29. The Labute approximate surface area is 157 Å². The molecule has 6 heteroatoms. The van der Waals surface area contributed by atoms with Crippen molar-refractivity contribution in [1.82, 2.24) is 0 Å². The van der Waals surface area contributed by atoms with E-state index in [0.717, 1.165) is 0 Å². The lowest BCUT2D eigenvalue weighted by Crippen LogP contribution is -2.13. The largest absolute Gasteiger partial charge is 0.322 e. The summed E-state index contributed by atoms with van der Waals surface area (Å²) in [6, 6.07) is 18.7. The number of amides is 1. The molecule has 27 heavy (non-hydrogen) atoms. The Morgan fingerprint density at radius 3 is 2.41 bits per heavy atom. The second-order valence-electron chi connectivity index (χ2n) is 6.19. The summed E-state index contributed by atoms with van der Waals surface area (Å²) in [5.41, 5.74) is 1.96. The molecule has 138 valence electrons. The summed E-state index contributed by atoms with van der Waals surface area (Å²) in [6.45, 7) is 1.70. The Hall–Kier alpha value is -2.99. The first-order chi connectivity index (χ1) is 12.8. The third-order valence-corrected chi connectivity index (χ3v) is 5.79. The Balaban J connectivity index is 1.80. The maximum absolute atomic E-state index is 13.2. The summed E-state index contributed by atoms with van der Waals surface area (Å²) >= 11 is 0. The first kappa shape index (κ1) is 18.8. The van der Waals surface area contributed by atoms with Crippen molar-refractivity contribution >= 4 is 21.4 Å². The minimum Gasteiger partial charge on any atom is -0.322 e. The molecule has 3 rings (SSSR count). The van der Waals surface area contributed by atoms with E-state index in [1.54, 1.807) is 61.5 Å². The summed E-state index contributed by atoms with van der Waals surface area (Å²) in [6.07, 6.45) is 0. The van der Waals surface area contributed by atoms with Crippen molar-refractivity contribution in [2.75, 3.05) is 5.32 Å². The first-order valence-corrected chi connectivity index (χ1v) is 9.95. The van der Waals surface area contributed by atoms with Crippen LogP contribution < -0.4 is 5.32 Å². The van der Waals surface area contributed by atoms with Crippen LogP contribution in [0.3, 0.4) is 0 Å². The highest BCUT2D eigenvalue weighted by molar-refractivity contribution is 7.90. The monoisotopic (exact) mass is 383 g/mol. The van der Waals surface area contributed by atoms with Gasteiger partial charge in [0.1, 0.15) is 5.82 Å². The van der Waals surface area contributed by atoms with Crippen LogP contribution in [0.2, 0.25) is 0 Å². The Morgan fingerprint density at radius 1 is 0.963 bits per heavy atom. The van der Waals surface area contributed by atoms with Crippen LogP contribution in [-0.4, -0.2) is 14.3 Å². The molecule has 0 radical (unpaired) electrons. The Morgan fingerprint density at radius 2 is 1.70 bits per heavy atom. The van der Waals surface area contributed by atoms with Crippen LogP contribution in [0.4, 0.5) is 10.1 Å². The van der Waals surface area contributed by atoms with Gasteiger partial charge in [0.25, 0.3) is 5.91 Å². The smallest absolute Gasteiger partial charge is 0.255 e. The van der Waals surface area contributed by atoms with E-state index in [1.165, 1.54) is 18.2 Å². The standard InChI is InChI=1S/C21H18FNO3S/c1-15-12-18(22)10-11-20(15)23-21(24)17-7-5-6-16(13-17)14-27(25,26)19-8-3-2-4-9-19/h2-13H,14H2,1H3,(H,23,24). The summed E-state index contributed by atoms with van der Waals surface area (Å²) in [4.78, 5) is 12.7. The fraction of sp³-hybridized carbons (Fsp3) is 0.0952. The highest BCUT2D eigenvalue weighted by Gasteiger charge is 2.16. The zero-order chi connectivity index (χ0) is 19.4. The number of carbonyl (C=O) groups is 1. The molecule has 0 aromatic heterocycles. The van der Waals surface area contributed by atoms with E-state index in [1.807, 2.05) is 0 Å². The average Bonchev–Trinajstić information content (AvgIpc) is 2.64.